The first kappa shape index (κ1) is 32.4. The molecular weight excluding hydrogens is 763 g/mol. The van der Waals surface area contributed by atoms with Crippen LogP contribution < -0.4 is 0 Å². The van der Waals surface area contributed by atoms with Gasteiger partial charge in [-0.1, -0.05) is 121 Å². The van der Waals surface area contributed by atoms with Crippen LogP contribution in [0.1, 0.15) is 0 Å². The Kier molecular flexibility index (Phi) is 6.92. The van der Waals surface area contributed by atoms with Gasteiger partial charge in [0.25, 0.3) is 0 Å². The zero-order valence-corrected chi connectivity index (χ0v) is 33.3. The molecule has 0 aliphatic heterocycles. The molecule has 0 saturated carbocycles. The lowest BCUT2D eigenvalue weighted by Gasteiger charge is -2.13. The van der Waals surface area contributed by atoms with Crippen LogP contribution in [0.5, 0.6) is 0 Å². The quantitative estimate of drug-likeness (QED) is 0.178. The Bertz CT molecular complexity index is 3820. The number of para-hydroxylation sites is 1. The monoisotopic (exact) mass is 791 g/mol. The second kappa shape index (κ2) is 12.4. The predicted molar refractivity (Wildman–Crippen MR) is 251 cm³/mol. The number of fused-ring (bicyclic) bond motifs is 13. The molecule has 0 radical (unpaired) electrons. The third kappa shape index (κ3) is 4.71. The molecule has 6 heteroatoms. The molecule has 0 amide bonds. The average molecular weight is 792 g/mol. The predicted octanol–water partition coefficient (Wildman–Crippen LogP) is 15.7. The molecule has 0 spiro atoms. The van der Waals surface area contributed by atoms with Gasteiger partial charge in [-0.05, 0) is 54.6 Å². The Hall–Kier alpha value is -6.70. The van der Waals surface area contributed by atoms with E-state index >= 15 is 0 Å². The highest BCUT2D eigenvalue weighted by atomic mass is 32.1. The molecule has 0 N–H and O–H groups in total. The summed E-state index contributed by atoms with van der Waals surface area (Å²) in [6.45, 7) is 0. The largest absolute Gasteiger partial charge is 0.309 e. The second-order valence-electron chi connectivity index (χ2n) is 14.9. The summed E-state index contributed by atoms with van der Waals surface area (Å²) in [6.07, 6.45) is 0. The van der Waals surface area contributed by atoms with Crippen LogP contribution >= 0.6 is 34.0 Å². The first-order valence-electron chi connectivity index (χ1n) is 19.4. The number of thiophene rings is 3. The standard InChI is InChI=1S/C52H29N3S3/c1-5-21-42-37(16-1)49-43(27-26-35-33-15-3-7-23-45(33)58-51(35)49)55(42)31-13-9-12-30(28-31)40-29-41(36-19-10-18-34-32-14-2-6-22-44(32)57-50(34)36)54-52(53-40)39-20-11-25-47-48(39)38-17-4-8-24-46(38)56-47/h1-29H. The van der Waals surface area contributed by atoms with Gasteiger partial charge in [0.05, 0.1) is 22.4 Å². The summed E-state index contributed by atoms with van der Waals surface area (Å²) >= 11 is 5.55. The average Bonchev–Trinajstić information content (AvgIpc) is 4.05. The van der Waals surface area contributed by atoms with Gasteiger partial charge >= 0.3 is 0 Å². The number of benzene rings is 8. The lowest BCUT2D eigenvalue weighted by atomic mass is 10.0. The van der Waals surface area contributed by atoms with Crippen molar-refractivity contribution in [3.05, 3.63) is 176 Å². The fourth-order valence-electron chi connectivity index (χ4n) is 9.08. The molecule has 58 heavy (non-hydrogen) atoms. The maximum absolute atomic E-state index is 5.46. The van der Waals surface area contributed by atoms with Crippen molar-refractivity contribution >= 4 is 116 Å². The van der Waals surface area contributed by atoms with Gasteiger partial charge in [-0.3, -0.25) is 0 Å². The molecule has 13 rings (SSSR count). The van der Waals surface area contributed by atoms with Gasteiger partial charge in [0.1, 0.15) is 0 Å². The Balaban J connectivity index is 1.06. The molecule has 0 aliphatic rings. The number of rotatable bonds is 4. The van der Waals surface area contributed by atoms with Crippen molar-refractivity contribution in [2.24, 2.45) is 0 Å². The molecule has 0 aliphatic carbocycles. The molecule has 13 aromatic rings. The van der Waals surface area contributed by atoms with E-state index in [2.05, 4.69) is 180 Å². The molecule has 3 nitrogen and oxygen atoms in total. The molecule has 0 bridgehead atoms. The Morgan fingerprint density at radius 1 is 0.362 bits per heavy atom. The SMILES string of the molecule is c1cc(-c2cc(-c3cccc4c3sc3ccccc34)nc(-c3cccc4sc5ccccc5c34)n2)cc(-n2c3ccccc3c3c4sc5ccccc5c4ccc32)c1. The molecule has 0 unspecified atom stereocenters. The van der Waals surface area contributed by atoms with Crippen LogP contribution in [-0.4, -0.2) is 14.5 Å². The molecular formula is C52H29N3S3. The Morgan fingerprint density at radius 2 is 0.966 bits per heavy atom. The fraction of sp³-hybridized carbons (Fsp3) is 0. The van der Waals surface area contributed by atoms with Gasteiger partial charge in [-0.15, -0.1) is 34.0 Å². The maximum Gasteiger partial charge on any atom is 0.161 e. The first-order chi connectivity index (χ1) is 28.7. The summed E-state index contributed by atoms with van der Waals surface area (Å²) in [5, 5.41) is 10.2. The minimum atomic E-state index is 0.731. The minimum Gasteiger partial charge on any atom is -0.309 e. The van der Waals surface area contributed by atoms with Crippen LogP contribution in [0.3, 0.4) is 0 Å². The van der Waals surface area contributed by atoms with E-state index in [1.807, 2.05) is 34.0 Å². The number of aromatic nitrogens is 3. The summed E-state index contributed by atoms with van der Waals surface area (Å²) < 4.78 is 10.1. The number of nitrogens with zero attached hydrogens (tertiary/aromatic N) is 3. The Labute approximate surface area is 344 Å². The summed E-state index contributed by atoms with van der Waals surface area (Å²) in [6, 6.07) is 63.8. The van der Waals surface area contributed by atoms with Gasteiger partial charge in [0.2, 0.25) is 0 Å². The van der Waals surface area contributed by atoms with Crippen molar-refractivity contribution in [3.8, 4) is 39.6 Å². The van der Waals surface area contributed by atoms with E-state index in [-0.39, 0.29) is 0 Å². The summed E-state index contributed by atoms with van der Waals surface area (Å²) in [4.78, 5) is 10.9. The lowest BCUT2D eigenvalue weighted by molar-refractivity contribution is 1.17. The summed E-state index contributed by atoms with van der Waals surface area (Å²) in [5.41, 5.74) is 8.52. The van der Waals surface area contributed by atoms with E-state index in [4.69, 9.17) is 9.97 Å². The smallest absolute Gasteiger partial charge is 0.161 e. The van der Waals surface area contributed by atoms with Crippen LogP contribution in [0, 0.1) is 0 Å². The molecule has 270 valence electrons. The van der Waals surface area contributed by atoms with Crippen molar-refractivity contribution in [1.29, 1.82) is 0 Å². The molecule has 5 heterocycles. The summed E-state index contributed by atoms with van der Waals surface area (Å²) in [7, 11) is 0. The van der Waals surface area contributed by atoms with Crippen LogP contribution in [-0.2, 0) is 0 Å². The molecule has 5 aromatic heterocycles. The highest BCUT2D eigenvalue weighted by Gasteiger charge is 2.20. The third-order valence-electron chi connectivity index (χ3n) is 11.6. The molecule has 0 fully saturated rings. The van der Waals surface area contributed by atoms with E-state index in [1.165, 1.54) is 82.3 Å². The molecule has 0 atom stereocenters. The van der Waals surface area contributed by atoms with E-state index in [0.29, 0.717) is 0 Å². The molecule has 8 aromatic carbocycles. The fourth-order valence-corrected chi connectivity index (χ4v) is 12.7. The van der Waals surface area contributed by atoms with Crippen LogP contribution in [0.4, 0.5) is 0 Å². The summed E-state index contributed by atoms with van der Waals surface area (Å²) in [5.74, 6) is 0.731. The highest BCUT2D eigenvalue weighted by Crippen LogP contribution is 2.45. The molecule has 0 saturated heterocycles. The lowest BCUT2D eigenvalue weighted by Crippen LogP contribution is -1.98. The van der Waals surface area contributed by atoms with Crippen LogP contribution in [0.2, 0.25) is 0 Å². The zero-order chi connectivity index (χ0) is 37.9. The first-order valence-corrected chi connectivity index (χ1v) is 21.8. The minimum absolute atomic E-state index is 0.731. The normalized spacial score (nSPS) is 12.1. The highest BCUT2D eigenvalue weighted by molar-refractivity contribution is 7.27. The van der Waals surface area contributed by atoms with Gasteiger partial charge in [-0.2, -0.15) is 0 Å². The van der Waals surface area contributed by atoms with Gasteiger partial charge < -0.3 is 4.57 Å². The second-order valence-corrected chi connectivity index (χ2v) is 18.0. The van der Waals surface area contributed by atoms with Crippen molar-refractivity contribution in [3.63, 3.8) is 0 Å². The Morgan fingerprint density at radius 3 is 1.79 bits per heavy atom. The van der Waals surface area contributed by atoms with Crippen LogP contribution in [0.25, 0.3) is 122 Å². The third-order valence-corrected chi connectivity index (χ3v) is 15.2. The van der Waals surface area contributed by atoms with Gasteiger partial charge in [0.15, 0.2) is 5.82 Å². The zero-order valence-electron chi connectivity index (χ0n) is 30.8. The van der Waals surface area contributed by atoms with Gasteiger partial charge in [0, 0.05) is 93.7 Å². The van der Waals surface area contributed by atoms with E-state index in [9.17, 15) is 0 Å². The van der Waals surface area contributed by atoms with E-state index in [0.717, 1.165) is 39.6 Å². The van der Waals surface area contributed by atoms with E-state index in [1.54, 1.807) is 0 Å². The van der Waals surface area contributed by atoms with E-state index < -0.39 is 0 Å². The van der Waals surface area contributed by atoms with Gasteiger partial charge in [-0.25, -0.2) is 9.97 Å². The van der Waals surface area contributed by atoms with Crippen molar-refractivity contribution < 1.29 is 0 Å². The van der Waals surface area contributed by atoms with Crippen molar-refractivity contribution in [2.75, 3.05) is 0 Å². The topological polar surface area (TPSA) is 30.7 Å². The van der Waals surface area contributed by atoms with Crippen LogP contribution in [0.15, 0.2) is 176 Å². The van der Waals surface area contributed by atoms with Crippen molar-refractivity contribution in [1.82, 2.24) is 14.5 Å². The maximum atomic E-state index is 5.46. The van der Waals surface area contributed by atoms with Crippen molar-refractivity contribution in [2.45, 2.75) is 0 Å². The number of hydrogen-bond acceptors (Lipinski definition) is 5. The number of hydrogen-bond donors (Lipinski definition) is 0.